The van der Waals surface area contributed by atoms with Gasteiger partial charge in [-0.05, 0) is 20.8 Å². The second-order valence-corrected chi connectivity index (χ2v) is 13.8. The van der Waals surface area contributed by atoms with Crippen molar-refractivity contribution in [2.45, 2.75) is 36.6 Å². The van der Waals surface area contributed by atoms with Gasteiger partial charge in [-0.3, -0.25) is 16.7 Å². The molecule has 2 atom stereocenters. The van der Waals surface area contributed by atoms with Gasteiger partial charge in [0.2, 0.25) is 4.58 Å². The molecule has 0 saturated carbocycles. The summed E-state index contributed by atoms with van der Waals surface area (Å²) < 4.78 is 111. The van der Waals surface area contributed by atoms with Crippen molar-refractivity contribution in [3.63, 3.8) is 0 Å². The van der Waals surface area contributed by atoms with Crippen LogP contribution in [0.3, 0.4) is 0 Å². The fraction of sp³-hybridized carbons (Fsp3) is 1.00. The Balaban J connectivity index is 2.19. The molecule has 0 amide bonds. The molecule has 0 bridgehead atoms. The maximum Gasteiger partial charge on any atom is 0.287 e. The van der Waals surface area contributed by atoms with Gasteiger partial charge in [-0.15, -0.1) is 0 Å². The zero-order valence-corrected chi connectivity index (χ0v) is 17.2. The molecular weight excluding hydrogens is 440 g/mol. The van der Waals surface area contributed by atoms with Crippen molar-refractivity contribution in [1.29, 1.82) is 0 Å². The Kier molecular flexibility index (Phi) is 5.34. The van der Waals surface area contributed by atoms with Gasteiger partial charge in [-0.25, -0.2) is 0 Å². The lowest BCUT2D eigenvalue weighted by Gasteiger charge is -2.25. The van der Waals surface area contributed by atoms with Crippen LogP contribution in [0.1, 0.15) is 20.8 Å². The van der Waals surface area contributed by atoms with Crippen molar-refractivity contribution >= 4 is 40.5 Å². The van der Waals surface area contributed by atoms with E-state index in [1.165, 1.54) is 0 Å². The Bertz CT molecular complexity index is 910. The molecular formula is C10H18O12S4. The van der Waals surface area contributed by atoms with Crippen LogP contribution < -0.4 is 0 Å². The molecule has 0 aliphatic carbocycles. The largest absolute Gasteiger partial charge is 0.287 e. The fourth-order valence-corrected chi connectivity index (χ4v) is 8.23. The first-order chi connectivity index (χ1) is 11.4. The average Bonchev–Trinajstić information content (AvgIpc) is 2.82. The minimum atomic E-state index is -4.85. The summed E-state index contributed by atoms with van der Waals surface area (Å²) >= 11 is 0. The van der Waals surface area contributed by atoms with Gasteiger partial charge >= 0.3 is 0 Å². The summed E-state index contributed by atoms with van der Waals surface area (Å²) in [7, 11) is -17.7. The maximum atomic E-state index is 12.3. The molecule has 0 radical (unpaired) electrons. The van der Waals surface area contributed by atoms with E-state index in [2.05, 4.69) is 8.37 Å². The van der Waals surface area contributed by atoms with Crippen LogP contribution in [0.15, 0.2) is 0 Å². The topological polar surface area (TPSA) is 173 Å². The van der Waals surface area contributed by atoms with E-state index in [0.29, 0.717) is 0 Å². The molecule has 2 aliphatic heterocycles. The Morgan fingerprint density at radius 2 is 1.12 bits per heavy atom. The van der Waals surface area contributed by atoms with Gasteiger partial charge in [-0.1, -0.05) is 0 Å². The van der Waals surface area contributed by atoms with Crippen LogP contribution in [-0.2, 0) is 57.2 Å². The zero-order valence-electron chi connectivity index (χ0n) is 13.9. The first-order valence-electron chi connectivity index (χ1n) is 7.03. The predicted molar refractivity (Wildman–Crippen MR) is 85.8 cm³/mol. The van der Waals surface area contributed by atoms with Crippen molar-refractivity contribution in [3.8, 4) is 0 Å². The van der Waals surface area contributed by atoms with Gasteiger partial charge in [0.25, 0.3) is 40.5 Å². The van der Waals surface area contributed by atoms with E-state index in [4.69, 9.17) is 8.37 Å². The zero-order chi connectivity index (χ0) is 20.2. The first-order valence-corrected chi connectivity index (χ1v) is 13.1. The lowest BCUT2D eigenvalue weighted by atomic mass is 10.2. The van der Waals surface area contributed by atoms with Crippen LogP contribution in [0.5, 0.6) is 0 Å². The quantitative estimate of drug-likeness (QED) is 0.412. The van der Waals surface area contributed by atoms with Crippen LogP contribution in [0.4, 0.5) is 0 Å². The molecule has 16 heteroatoms. The fourth-order valence-electron chi connectivity index (χ4n) is 2.28. The molecule has 2 fully saturated rings. The maximum absolute atomic E-state index is 12.3. The van der Waals surface area contributed by atoms with Gasteiger partial charge in [0, 0.05) is 0 Å². The first kappa shape index (κ1) is 21.9. The van der Waals surface area contributed by atoms with Crippen LogP contribution in [-0.4, -0.2) is 74.2 Å². The van der Waals surface area contributed by atoms with Crippen molar-refractivity contribution in [2.24, 2.45) is 0 Å². The van der Waals surface area contributed by atoms with Gasteiger partial charge < -0.3 is 0 Å². The highest BCUT2D eigenvalue weighted by atomic mass is 32.3. The van der Waals surface area contributed by atoms with Crippen LogP contribution in [0, 0.1) is 0 Å². The Morgan fingerprint density at radius 1 is 0.808 bits per heavy atom. The Hall–Kier alpha value is -0.360. The Morgan fingerprint density at radius 3 is 1.35 bits per heavy atom. The molecule has 2 unspecified atom stereocenters. The number of hydrogen-bond acceptors (Lipinski definition) is 12. The summed E-state index contributed by atoms with van der Waals surface area (Å²) in [5.41, 5.74) is -3.60. The van der Waals surface area contributed by atoms with Gasteiger partial charge in [0.15, 0.2) is 0 Å². The van der Waals surface area contributed by atoms with E-state index in [1.54, 1.807) is 0 Å². The highest BCUT2D eigenvalue weighted by Gasteiger charge is 2.51. The molecule has 0 N–H and O–H groups in total. The molecule has 2 aliphatic rings. The van der Waals surface area contributed by atoms with E-state index < -0.39 is 81.0 Å². The average molecular weight is 459 g/mol. The summed E-state index contributed by atoms with van der Waals surface area (Å²) in [6, 6.07) is 0. The van der Waals surface area contributed by atoms with E-state index in [0.717, 1.165) is 20.8 Å². The normalized spacial score (nSPS) is 35.3. The van der Waals surface area contributed by atoms with Gasteiger partial charge in [0.1, 0.15) is 22.7 Å². The smallest absolute Gasteiger partial charge is 0.267 e. The second kappa shape index (κ2) is 6.33. The second-order valence-electron chi connectivity index (χ2n) is 6.55. The minimum absolute atomic E-state index is 0.605. The van der Waals surface area contributed by atoms with E-state index in [1.807, 2.05) is 0 Å². The molecule has 0 aromatic carbocycles. The van der Waals surface area contributed by atoms with Crippen molar-refractivity contribution in [1.82, 2.24) is 0 Å². The van der Waals surface area contributed by atoms with Crippen molar-refractivity contribution in [3.05, 3.63) is 0 Å². The minimum Gasteiger partial charge on any atom is -0.267 e. The lowest BCUT2D eigenvalue weighted by molar-refractivity contribution is 0.0844. The summed E-state index contributed by atoms with van der Waals surface area (Å²) in [6.45, 7) is 1.81. The monoisotopic (exact) mass is 458 g/mol. The third-order valence-corrected chi connectivity index (χ3v) is 10.7. The van der Waals surface area contributed by atoms with E-state index in [9.17, 15) is 33.7 Å². The van der Waals surface area contributed by atoms with Crippen LogP contribution in [0.2, 0.25) is 0 Å². The van der Waals surface area contributed by atoms with Gasteiger partial charge in [-0.2, -0.15) is 33.7 Å². The van der Waals surface area contributed by atoms with Gasteiger partial charge in [0.05, 0.1) is 13.2 Å². The van der Waals surface area contributed by atoms with E-state index >= 15 is 0 Å². The molecule has 154 valence electrons. The van der Waals surface area contributed by atoms with Crippen LogP contribution >= 0.6 is 0 Å². The molecule has 2 rings (SSSR count). The van der Waals surface area contributed by atoms with E-state index in [-0.39, 0.29) is 0 Å². The number of hydrogen-bond donors (Lipinski definition) is 0. The Labute approximate surface area is 152 Å². The molecule has 2 heterocycles. The molecule has 0 aromatic rings. The summed E-state index contributed by atoms with van der Waals surface area (Å²) in [6.07, 6.45) is 0. The molecule has 0 spiro atoms. The summed E-state index contributed by atoms with van der Waals surface area (Å²) in [5, 5.41) is 0. The molecule has 2 saturated heterocycles. The molecule has 12 nitrogen and oxygen atoms in total. The third kappa shape index (κ3) is 4.92. The number of rotatable bonds is 6. The van der Waals surface area contributed by atoms with Crippen molar-refractivity contribution < 1.29 is 50.4 Å². The molecule has 0 aromatic heterocycles. The highest BCUT2D eigenvalue weighted by molar-refractivity contribution is 8.04. The molecule has 26 heavy (non-hydrogen) atoms. The lowest BCUT2D eigenvalue weighted by Crippen LogP contribution is -2.44. The SMILES string of the molecule is CC(S(=O)(=O)OC1(C)COS(=O)(=O)C1)S(=O)(=O)OC1(C)COS(=O)(=O)C1. The summed E-state index contributed by atoms with van der Waals surface area (Å²) in [5.74, 6) is -1.56. The predicted octanol–water partition coefficient (Wildman–Crippen LogP) is -1.74. The standard InChI is InChI=1S/C10H18O12S4/c1-8(25(15,16)21-9(2)4-19-23(11,12)6-9)26(17,18)22-10(3)5-20-24(13,14)7-10/h8H,4-7H2,1-3H3. The summed E-state index contributed by atoms with van der Waals surface area (Å²) in [4.78, 5) is 0. The van der Waals surface area contributed by atoms with Crippen molar-refractivity contribution in [2.75, 3.05) is 24.7 Å². The third-order valence-electron chi connectivity index (χ3n) is 3.50. The highest BCUT2D eigenvalue weighted by Crippen LogP contribution is 2.31. The van der Waals surface area contributed by atoms with Crippen LogP contribution in [0.25, 0.3) is 0 Å².